The molecule has 0 heterocycles. The van der Waals surface area contributed by atoms with Gasteiger partial charge in [0.15, 0.2) is 12.3 Å². The molecular weight excluding hydrogens is 114 g/mol. The van der Waals surface area contributed by atoms with Crippen LogP contribution in [0.15, 0.2) is 0 Å². The van der Waals surface area contributed by atoms with Gasteiger partial charge in [-0.3, -0.25) is 4.79 Å². The van der Waals surface area contributed by atoms with Gasteiger partial charge in [-0.2, -0.15) is 0 Å². The van der Waals surface area contributed by atoms with Crippen molar-refractivity contribution in [1.82, 2.24) is 0 Å². The van der Waals surface area contributed by atoms with Crippen LogP contribution in [0.3, 0.4) is 0 Å². The molecule has 0 aliphatic rings. The number of carbonyl (C=O) groups is 1. The molecule has 0 radical (unpaired) electrons. The molecule has 0 fully saturated rings. The third kappa shape index (κ3) is 1.87. The number of carboxylic acids is 1. The highest BCUT2D eigenvalue weighted by molar-refractivity contribution is 5.73. The third-order valence-electron chi connectivity index (χ3n) is 0.606. The summed E-state index contributed by atoms with van der Waals surface area (Å²) in [6, 6.07) is -1.60. The average Bonchev–Trinajstić information content (AvgIpc) is 1.64. The number of nitrogens with two attached hydrogens (primary N) is 1. The smallest absolute Gasteiger partial charge is 0.325 e. The third-order valence-corrected chi connectivity index (χ3v) is 0.606. The van der Waals surface area contributed by atoms with E-state index in [1.807, 2.05) is 0 Å². The fourth-order valence-electron chi connectivity index (χ4n) is 0.128. The van der Waals surface area contributed by atoms with Crippen molar-refractivity contribution in [3.63, 3.8) is 0 Å². The molecule has 0 saturated carbocycles. The summed E-state index contributed by atoms with van der Waals surface area (Å²) in [6.07, 6.45) is -1.98. The van der Waals surface area contributed by atoms with Gasteiger partial charge in [-0.25, -0.2) is 0 Å². The van der Waals surface area contributed by atoms with Gasteiger partial charge >= 0.3 is 5.97 Å². The maximum absolute atomic E-state index is 9.70. The lowest BCUT2D eigenvalue weighted by Crippen LogP contribution is -2.41. The number of aliphatic hydroxyl groups is 2. The lowest BCUT2D eigenvalue weighted by molar-refractivity contribution is -0.149. The second-order valence-corrected chi connectivity index (χ2v) is 1.28. The molecule has 0 amide bonds. The molecule has 0 spiro atoms. The first kappa shape index (κ1) is 7.35. The highest BCUT2D eigenvalue weighted by atomic mass is 16.5. The Balaban J connectivity index is 3.64. The summed E-state index contributed by atoms with van der Waals surface area (Å²) in [5.74, 6) is -1.43. The molecule has 5 heteroatoms. The number of hydrogen-bond acceptors (Lipinski definition) is 4. The quantitative estimate of drug-likeness (QED) is 0.308. The van der Waals surface area contributed by atoms with E-state index in [-0.39, 0.29) is 0 Å². The first-order chi connectivity index (χ1) is 3.55. The van der Waals surface area contributed by atoms with Gasteiger partial charge in [0.1, 0.15) is 0 Å². The van der Waals surface area contributed by atoms with E-state index >= 15 is 0 Å². The van der Waals surface area contributed by atoms with Gasteiger partial charge in [-0.1, -0.05) is 0 Å². The van der Waals surface area contributed by atoms with Crippen molar-refractivity contribution in [1.29, 1.82) is 0 Å². The summed E-state index contributed by atoms with van der Waals surface area (Å²) in [6.45, 7) is 0. The predicted molar refractivity (Wildman–Crippen MR) is 23.8 cm³/mol. The van der Waals surface area contributed by atoms with Gasteiger partial charge in [0.2, 0.25) is 0 Å². The molecule has 0 aromatic heterocycles. The normalized spacial score (nSPS) is 14.0. The Morgan fingerprint density at radius 3 is 1.88 bits per heavy atom. The van der Waals surface area contributed by atoms with Crippen LogP contribution >= 0.6 is 0 Å². The molecule has 0 aliphatic heterocycles. The van der Waals surface area contributed by atoms with Crippen LogP contribution in [-0.4, -0.2) is 33.6 Å². The Bertz CT molecular complexity index is 91.3. The summed E-state index contributed by atoms with van der Waals surface area (Å²) < 4.78 is 0. The van der Waals surface area contributed by atoms with Crippen molar-refractivity contribution in [2.75, 3.05) is 0 Å². The molecule has 0 saturated heterocycles. The SMILES string of the molecule is NC(C(=O)O)C(O)O. The minimum absolute atomic E-state index is 1.43. The Kier molecular flexibility index (Phi) is 2.40. The topological polar surface area (TPSA) is 104 Å². The molecule has 0 aromatic rings. The van der Waals surface area contributed by atoms with E-state index in [1.165, 1.54) is 0 Å². The molecule has 8 heavy (non-hydrogen) atoms. The second kappa shape index (κ2) is 2.61. The van der Waals surface area contributed by atoms with Crippen LogP contribution in [0.25, 0.3) is 0 Å². The zero-order chi connectivity index (χ0) is 6.73. The summed E-state index contributed by atoms with van der Waals surface area (Å²) in [7, 11) is 0. The number of aliphatic hydroxyl groups excluding tert-OH is 1. The first-order valence-electron chi connectivity index (χ1n) is 1.90. The summed E-state index contributed by atoms with van der Waals surface area (Å²) in [5.41, 5.74) is 4.66. The largest absolute Gasteiger partial charge is 0.480 e. The number of carboxylic acid groups (broad SMARTS) is 1. The number of aliphatic carboxylic acids is 1. The minimum atomic E-state index is -1.98. The van der Waals surface area contributed by atoms with E-state index in [0.29, 0.717) is 0 Å². The molecule has 0 bridgehead atoms. The molecule has 0 rings (SSSR count). The number of rotatable bonds is 2. The first-order valence-corrected chi connectivity index (χ1v) is 1.90. The van der Waals surface area contributed by atoms with Crippen LogP contribution in [0.4, 0.5) is 0 Å². The van der Waals surface area contributed by atoms with Crippen molar-refractivity contribution in [2.45, 2.75) is 12.3 Å². The molecule has 0 aromatic carbocycles. The monoisotopic (exact) mass is 121 g/mol. The van der Waals surface area contributed by atoms with Crippen molar-refractivity contribution < 1.29 is 20.1 Å². The van der Waals surface area contributed by atoms with Gasteiger partial charge in [0.05, 0.1) is 0 Å². The molecule has 1 unspecified atom stereocenters. The predicted octanol–water partition coefficient (Wildman–Crippen LogP) is -2.29. The maximum Gasteiger partial charge on any atom is 0.325 e. The number of hydrogen-bond donors (Lipinski definition) is 4. The average molecular weight is 121 g/mol. The summed E-state index contributed by atoms with van der Waals surface area (Å²) in [5, 5.41) is 24.0. The van der Waals surface area contributed by atoms with Crippen LogP contribution in [0.5, 0.6) is 0 Å². The van der Waals surface area contributed by atoms with Crippen LogP contribution < -0.4 is 5.73 Å². The summed E-state index contributed by atoms with van der Waals surface area (Å²) >= 11 is 0. The van der Waals surface area contributed by atoms with Gasteiger partial charge in [-0.05, 0) is 0 Å². The van der Waals surface area contributed by atoms with Crippen molar-refractivity contribution in [2.24, 2.45) is 5.73 Å². The van der Waals surface area contributed by atoms with Gasteiger partial charge < -0.3 is 21.1 Å². The molecule has 48 valence electrons. The lowest BCUT2D eigenvalue weighted by Gasteiger charge is -2.05. The Morgan fingerprint density at radius 1 is 1.50 bits per heavy atom. The van der Waals surface area contributed by atoms with Crippen LogP contribution in [0.2, 0.25) is 0 Å². The van der Waals surface area contributed by atoms with Gasteiger partial charge in [0, 0.05) is 0 Å². The van der Waals surface area contributed by atoms with Crippen LogP contribution in [0, 0.1) is 0 Å². The highest BCUT2D eigenvalue weighted by Crippen LogP contribution is 1.82. The van der Waals surface area contributed by atoms with Crippen molar-refractivity contribution in [3.8, 4) is 0 Å². The highest BCUT2D eigenvalue weighted by Gasteiger charge is 2.18. The van der Waals surface area contributed by atoms with Crippen molar-refractivity contribution in [3.05, 3.63) is 0 Å². The van der Waals surface area contributed by atoms with E-state index in [1.54, 1.807) is 0 Å². The van der Waals surface area contributed by atoms with E-state index in [0.717, 1.165) is 0 Å². The van der Waals surface area contributed by atoms with Crippen LogP contribution in [-0.2, 0) is 4.79 Å². The molecule has 5 nitrogen and oxygen atoms in total. The van der Waals surface area contributed by atoms with Crippen molar-refractivity contribution >= 4 is 5.97 Å². The fourth-order valence-corrected chi connectivity index (χ4v) is 0.128. The van der Waals surface area contributed by atoms with Gasteiger partial charge in [-0.15, -0.1) is 0 Å². The maximum atomic E-state index is 9.70. The van der Waals surface area contributed by atoms with E-state index in [4.69, 9.17) is 15.3 Å². The fraction of sp³-hybridized carbons (Fsp3) is 0.667. The molecule has 0 aliphatic carbocycles. The molecular formula is C3H7NO4. The Hall–Kier alpha value is -0.650. The Labute approximate surface area is 45.4 Å². The standard InChI is InChI=1S/C3H7NO4/c4-1(2(5)6)3(7)8/h1-2,5-6H,4H2,(H,7,8). The van der Waals surface area contributed by atoms with E-state index in [2.05, 4.69) is 5.73 Å². The second-order valence-electron chi connectivity index (χ2n) is 1.28. The molecule has 1 atom stereocenters. The summed E-state index contributed by atoms with van der Waals surface area (Å²) in [4.78, 5) is 9.70. The minimum Gasteiger partial charge on any atom is -0.480 e. The zero-order valence-corrected chi connectivity index (χ0v) is 3.98. The van der Waals surface area contributed by atoms with Crippen LogP contribution in [0.1, 0.15) is 0 Å². The van der Waals surface area contributed by atoms with E-state index in [9.17, 15) is 4.79 Å². The molecule has 5 N–H and O–H groups in total. The zero-order valence-electron chi connectivity index (χ0n) is 3.98. The van der Waals surface area contributed by atoms with E-state index < -0.39 is 18.3 Å². The van der Waals surface area contributed by atoms with Gasteiger partial charge in [0.25, 0.3) is 0 Å². The Morgan fingerprint density at radius 2 is 1.88 bits per heavy atom. The lowest BCUT2D eigenvalue weighted by atomic mass is 10.3.